The molecule has 0 atom stereocenters. The molecule has 0 aromatic carbocycles. The van der Waals surface area contributed by atoms with Gasteiger partial charge in [0.25, 0.3) is 0 Å². The Balaban J connectivity index is 3.58. The number of rotatable bonds is 7. The largest absolute Gasteiger partial charge is 0.417 e. The minimum absolute atomic E-state index is 0.338. The van der Waals surface area contributed by atoms with E-state index in [1.165, 1.54) is 19.3 Å². The van der Waals surface area contributed by atoms with Crippen LogP contribution in [0.25, 0.3) is 0 Å². The smallest absolute Gasteiger partial charge is 0.191 e. The van der Waals surface area contributed by atoms with Crippen LogP contribution < -0.4 is 5.73 Å². The number of nitrogens with two attached hydrogens (primary N) is 1. The third kappa shape index (κ3) is 6.33. The molecule has 92 valence electrons. The Morgan fingerprint density at radius 1 is 1.00 bits per heavy atom. The van der Waals surface area contributed by atoms with Gasteiger partial charge in [0.05, 0.1) is 0 Å². The lowest BCUT2D eigenvalue weighted by atomic mass is 10.2. The van der Waals surface area contributed by atoms with E-state index in [1.807, 2.05) is 0 Å². The molecule has 0 saturated heterocycles. The fourth-order valence-electron chi connectivity index (χ4n) is 1.14. The molecule has 2 N–H and O–H groups in total. The summed E-state index contributed by atoms with van der Waals surface area (Å²) in [5.41, 5.74) is 5.45. The lowest BCUT2D eigenvalue weighted by Gasteiger charge is -2.36. The SMILES string of the molecule is CC(C)(C)[Si](C)(C)OCCCCCCN. The van der Waals surface area contributed by atoms with Gasteiger partial charge in [-0.3, -0.25) is 0 Å². The Morgan fingerprint density at radius 3 is 2.00 bits per heavy atom. The molecule has 0 aliphatic heterocycles. The van der Waals surface area contributed by atoms with Gasteiger partial charge in [-0.1, -0.05) is 33.6 Å². The van der Waals surface area contributed by atoms with E-state index in [0.717, 1.165) is 19.6 Å². The van der Waals surface area contributed by atoms with Crippen molar-refractivity contribution in [1.29, 1.82) is 0 Å². The molecule has 0 rings (SSSR count). The molecule has 0 fully saturated rings. The first-order valence-corrected chi connectivity index (χ1v) is 9.06. The summed E-state index contributed by atoms with van der Waals surface area (Å²) in [6.45, 7) is 13.2. The van der Waals surface area contributed by atoms with Gasteiger partial charge in [0.2, 0.25) is 0 Å². The lowest BCUT2D eigenvalue weighted by Crippen LogP contribution is -2.40. The maximum absolute atomic E-state index is 6.08. The second-order valence-corrected chi connectivity index (χ2v) is 10.6. The van der Waals surface area contributed by atoms with Crippen molar-refractivity contribution >= 4 is 8.32 Å². The van der Waals surface area contributed by atoms with E-state index in [-0.39, 0.29) is 0 Å². The Kier molecular flexibility index (Phi) is 6.72. The Hall–Kier alpha value is 0.137. The highest BCUT2D eigenvalue weighted by molar-refractivity contribution is 6.74. The summed E-state index contributed by atoms with van der Waals surface area (Å²) in [5, 5.41) is 0.338. The van der Waals surface area contributed by atoms with Crippen LogP contribution in [-0.2, 0) is 4.43 Å². The van der Waals surface area contributed by atoms with E-state index in [2.05, 4.69) is 33.9 Å². The maximum Gasteiger partial charge on any atom is 0.191 e. The summed E-state index contributed by atoms with van der Waals surface area (Å²) in [5.74, 6) is 0. The van der Waals surface area contributed by atoms with E-state index in [1.54, 1.807) is 0 Å². The van der Waals surface area contributed by atoms with Gasteiger partial charge in [0.1, 0.15) is 0 Å². The molecule has 0 amide bonds. The normalized spacial score (nSPS) is 13.2. The predicted molar refractivity (Wildman–Crippen MR) is 70.7 cm³/mol. The van der Waals surface area contributed by atoms with Crippen LogP contribution in [0.15, 0.2) is 0 Å². The first-order chi connectivity index (χ1) is 6.81. The van der Waals surface area contributed by atoms with Crippen LogP contribution in [0, 0.1) is 0 Å². The Labute approximate surface area is 96.7 Å². The van der Waals surface area contributed by atoms with Gasteiger partial charge in [-0.25, -0.2) is 0 Å². The zero-order valence-corrected chi connectivity index (χ0v) is 12.2. The molecule has 3 heteroatoms. The first-order valence-electron chi connectivity index (χ1n) is 6.15. The van der Waals surface area contributed by atoms with Crippen molar-refractivity contribution in [2.75, 3.05) is 13.2 Å². The van der Waals surface area contributed by atoms with Crippen LogP contribution in [0.1, 0.15) is 46.5 Å². The minimum Gasteiger partial charge on any atom is -0.417 e. The molecule has 2 nitrogen and oxygen atoms in total. The second kappa shape index (κ2) is 6.66. The van der Waals surface area contributed by atoms with Crippen LogP contribution in [0.5, 0.6) is 0 Å². The third-order valence-corrected chi connectivity index (χ3v) is 7.91. The highest BCUT2D eigenvalue weighted by atomic mass is 28.4. The molecule has 0 aliphatic carbocycles. The second-order valence-electron chi connectivity index (χ2n) is 5.81. The van der Waals surface area contributed by atoms with Gasteiger partial charge in [0, 0.05) is 6.61 Å². The van der Waals surface area contributed by atoms with Crippen molar-refractivity contribution < 1.29 is 4.43 Å². The molecule has 0 aliphatic rings. The molecule has 0 aromatic rings. The summed E-state index contributed by atoms with van der Waals surface area (Å²) >= 11 is 0. The van der Waals surface area contributed by atoms with Crippen molar-refractivity contribution in [3.8, 4) is 0 Å². The highest BCUT2D eigenvalue weighted by Crippen LogP contribution is 2.36. The molecule has 0 spiro atoms. The van der Waals surface area contributed by atoms with Gasteiger partial charge in [-0.15, -0.1) is 0 Å². The standard InChI is InChI=1S/C12H29NOSi/c1-12(2,3)15(4,5)14-11-9-7-6-8-10-13/h6-11,13H2,1-5H3. The monoisotopic (exact) mass is 231 g/mol. The molecule has 15 heavy (non-hydrogen) atoms. The van der Waals surface area contributed by atoms with Crippen molar-refractivity contribution in [1.82, 2.24) is 0 Å². The quantitative estimate of drug-likeness (QED) is 0.537. The van der Waals surface area contributed by atoms with Gasteiger partial charge in [-0.05, 0) is 37.5 Å². The molecule has 0 heterocycles. The van der Waals surface area contributed by atoms with Crippen LogP contribution in [-0.4, -0.2) is 21.5 Å². The van der Waals surface area contributed by atoms with E-state index in [9.17, 15) is 0 Å². The number of unbranched alkanes of at least 4 members (excludes halogenated alkanes) is 3. The predicted octanol–water partition coefficient (Wildman–Crippen LogP) is 3.53. The molecule has 0 unspecified atom stereocenters. The van der Waals surface area contributed by atoms with Gasteiger partial charge >= 0.3 is 0 Å². The van der Waals surface area contributed by atoms with Crippen LogP contribution in [0.4, 0.5) is 0 Å². The molecule has 0 saturated carbocycles. The van der Waals surface area contributed by atoms with E-state index in [4.69, 9.17) is 10.2 Å². The molecule has 0 aromatic heterocycles. The van der Waals surface area contributed by atoms with Gasteiger partial charge in [0.15, 0.2) is 8.32 Å². The van der Waals surface area contributed by atoms with Gasteiger partial charge in [-0.2, -0.15) is 0 Å². The Bertz CT molecular complexity index is 163. The molecule has 0 bridgehead atoms. The highest BCUT2D eigenvalue weighted by Gasteiger charge is 2.36. The number of hydrogen-bond donors (Lipinski definition) is 1. The molecular weight excluding hydrogens is 202 g/mol. The van der Waals surface area contributed by atoms with Crippen molar-refractivity contribution in [2.24, 2.45) is 5.73 Å². The topological polar surface area (TPSA) is 35.2 Å². The fraction of sp³-hybridized carbons (Fsp3) is 1.00. The minimum atomic E-state index is -1.50. The summed E-state index contributed by atoms with van der Waals surface area (Å²) in [6, 6.07) is 0. The first kappa shape index (κ1) is 15.1. The Morgan fingerprint density at radius 2 is 1.53 bits per heavy atom. The maximum atomic E-state index is 6.08. The summed E-state index contributed by atoms with van der Waals surface area (Å²) < 4.78 is 6.08. The van der Waals surface area contributed by atoms with Gasteiger partial charge < -0.3 is 10.2 Å². The molecule has 0 radical (unpaired) electrons. The summed E-state index contributed by atoms with van der Waals surface area (Å²) in [6.07, 6.45) is 4.84. The zero-order valence-electron chi connectivity index (χ0n) is 11.2. The van der Waals surface area contributed by atoms with Crippen LogP contribution >= 0.6 is 0 Å². The van der Waals surface area contributed by atoms with E-state index >= 15 is 0 Å². The van der Waals surface area contributed by atoms with Crippen LogP contribution in [0.2, 0.25) is 18.1 Å². The summed E-state index contributed by atoms with van der Waals surface area (Å²) in [4.78, 5) is 0. The van der Waals surface area contributed by atoms with Crippen LogP contribution in [0.3, 0.4) is 0 Å². The van der Waals surface area contributed by atoms with E-state index < -0.39 is 8.32 Å². The summed E-state index contributed by atoms with van der Waals surface area (Å²) in [7, 11) is -1.50. The fourth-order valence-corrected chi connectivity index (χ4v) is 2.23. The van der Waals surface area contributed by atoms with Crippen molar-refractivity contribution in [3.05, 3.63) is 0 Å². The van der Waals surface area contributed by atoms with E-state index in [0.29, 0.717) is 5.04 Å². The van der Waals surface area contributed by atoms with Crippen molar-refractivity contribution in [3.63, 3.8) is 0 Å². The third-order valence-electron chi connectivity index (χ3n) is 3.37. The zero-order chi connectivity index (χ0) is 11.9. The number of hydrogen-bond acceptors (Lipinski definition) is 2. The lowest BCUT2D eigenvalue weighted by molar-refractivity contribution is 0.277. The average molecular weight is 231 g/mol. The average Bonchev–Trinajstić information content (AvgIpc) is 2.09. The van der Waals surface area contributed by atoms with Crippen molar-refractivity contribution in [2.45, 2.75) is 64.6 Å². The molecular formula is C12H29NOSi.